The number of rotatable bonds is 3. The van der Waals surface area contributed by atoms with Gasteiger partial charge in [-0.15, -0.1) is 0 Å². The second-order valence-electron chi connectivity index (χ2n) is 4.98. The Bertz CT molecular complexity index is 959. The zero-order chi connectivity index (χ0) is 19.2. The SMILES string of the molecule is CS(=O)(=O)O.Nc1ncc(Cl)cc1-c1ccc(Oc2ncccn2)cc1. The molecule has 0 bridgehead atoms. The summed E-state index contributed by atoms with van der Waals surface area (Å²) in [5, 5.41) is 0.539. The number of pyridine rings is 1. The molecular weight excluding hydrogens is 380 g/mol. The summed E-state index contributed by atoms with van der Waals surface area (Å²) in [5.74, 6) is 1.07. The van der Waals surface area contributed by atoms with Crippen LogP contribution in [0.2, 0.25) is 5.02 Å². The molecule has 0 saturated carbocycles. The van der Waals surface area contributed by atoms with Crippen molar-refractivity contribution in [2.75, 3.05) is 12.0 Å². The Hall–Kier alpha value is -2.75. The van der Waals surface area contributed by atoms with Crippen molar-refractivity contribution in [3.05, 3.63) is 60.0 Å². The number of hydrogen-bond donors (Lipinski definition) is 2. The number of nitrogens with zero attached hydrogens (tertiary/aromatic N) is 3. The summed E-state index contributed by atoms with van der Waals surface area (Å²) in [5.41, 5.74) is 7.55. The molecule has 2 heterocycles. The molecule has 10 heteroatoms. The lowest BCUT2D eigenvalue weighted by molar-refractivity contribution is 0.442. The Kier molecular flexibility index (Phi) is 6.45. The van der Waals surface area contributed by atoms with E-state index >= 15 is 0 Å². The van der Waals surface area contributed by atoms with Crippen molar-refractivity contribution in [1.29, 1.82) is 0 Å². The van der Waals surface area contributed by atoms with Gasteiger partial charge in [-0.3, -0.25) is 4.55 Å². The number of anilines is 1. The van der Waals surface area contributed by atoms with Gasteiger partial charge in [-0.25, -0.2) is 15.0 Å². The second kappa shape index (κ2) is 8.56. The van der Waals surface area contributed by atoms with Crippen molar-refractivity contribution in [2.45, 2.75) is 0 Å². The van der Waals surface area contributed by atoms with Gasteiger partial charge in [0.25, 0.3) is 10.1 Å². The predicted octanol–water partition coefficient (Wildman–Crippen LogP) is 3.07. The van der Waals surface area contributed by atoms with Crippen LogP contribution in [0.1, 0.15) is 0 Å². The van der Waals surface area contributed by atoms with Crippen LogP contribution >= 0.6 is 11.6 Å². The highest BCUT2D eigenvalue weighted by molar-refractivity contribution is 7.85. The molecule has 136 valence electrons. The first-order valence-corrected chi connectivity index (χ1v) is 9.34. The van der Waals surface area contributed by atoms with E-state index in [-0.39, 0.29) is 0 Å². The average molecular weight is 395 g/mol. The third-order valence-electron chi connectivity index (χ3n) is 2.80. The standard InChI is InChI=1S/C15H11ClN4O.CH4O3S/c16-11-8-13(14(17)20-9-11)10-2-4-12(5-3-10)21-15-18-6-1-7-19-15;1-5(2,3)4/h1-9H,(H2,17,20);1H3,(H,2,3,4). The summed E-state index contributed by atoms with van der Waals surface area (Å²) in [6.07, 6.45) is 5.47. The number of benzene rings is 1. The minimum Gasteiger partial charge on any atom is -0.424 e. The van der Waals surface area contributed by atoms with Crippen molar-refractivity contribution in [1.82, 2.24) is 15.0 Å². The molecule has 3 N–H and O–H groups in total. The molecule has 1 aromatic carbocycles. The maximum Gasteiger partial charge on any atom is 0.321 e. The maximum absolute atomic E-state index is 9.19. The van der Waals surface area contributed by atoms with Gasteiger partial charge >= 0.3 is 6.01 Å². The monoisotopic (exact) mass is 394 g/mol. The predicted molar refractivity (Wildman–Crippen MR) is 98.7 cm³/mol. The highest BCUT2D eigenvalue weighted by Gasteiger charge is 2.06. The van der Waals surface area contributed by atoms with Gasteiger partial charge < -0.3 is 10.5 Å². The van der Waals surface area contributed by atoms with Crippen LogP contribution in [0.15, 0.2) is 55.0 Å². The van der Waals surface area contributed by atoms with Crippen molar-refractivity contribution in [3.63, 3.8) is 0 Å². The number of aromatic nitrogens is 3. The molecule has 0 spiro atoms. The Morgan fingerprint density at radius 3 is 2.27 bits per heavy atom. The van der Waals surface area contributed by atoms with Crippen molar-refractivity contribution < 1.29 is 17.7 Å². The summed E-state index contributed by atoms with van der Waals surface area (Å²) in [7, 11) is -3.67. The van der Waals surface area contributed by atoms with Gasteiger partial charge in [0.2, 0.25) is 0 Å². The average Bonchev–Trinajstić information content (AvgIpc) is 2.57. The molecule has 0 unspecified atom stereocenters. The third kappa shape index (κ3) is 6.63. The second-order valence-corrected chi connectivity index (χ2v) is 6.88. The lowest BCUT2D eigenvalue weighted by Crippen LogP contribution is -1.94. The summed E-state index contributed by atoms with van der Waals surface area (Å²) < 4.78 is 31.4. The molecule has 0 amide bonds. The maximum atomic E-state index is 9.19. The van der Waals surface area contributed by atoms with Crippen LogP contribution in [0.4, 0.5) is 5.82 Å². The van der Waals surface area contributed by atoms with E-state index in [1.807, 2.05) is 24.3 Å². The van der Waals surface area contributed by atoms with Gasteiger partial charge in [-0.2, -0.15) is 8.42 Å². The molecule has 2 aromatic heterocycles. The molecule has 0 aliphatic heterocycles. The van der Waals surface area contributed by atoms with Gasteiger partial charge in [-0.05, 0) is 29.8 Å². The Balaban J connectivity index is 0.000000431. The van der Waals surface area contributed by atoms with E-state index in [9.17, 15) is 8.42 Å². The highest BCUT2D eigenvalue weighted by Crippen LogP contribution is 2.29. The fourth-order valence-corrected chi connectivity index (χ4v) is 1.99. The molecule has 3 rings (SSSR count). The topological polar surface area (TPSA) is 128 Å². The van der Waals surface area contributed by atoms with Crippen LogP contribution in [0, 0.1) is 0 Å². The molecule has 0 fully saturated rings. The van der Waals surface area contributed by atoms with Crippen molar-refractivity contribution in [3.8, 4) is 22.9 Å². The van der Waals surface area contributed by atoms with E-state index < -0.39 is 10.1 Å². The zero-order valence-electron chi connectivity index (χ0n) is 13.6. The number of nitrogens with two attached hydrogens (primary N) is 1. The van der Waals surface area contributed by atoms with Crippen molar-refractivity contribution in [2.24, 2.45) is 0 Å². The minimum atomic E-state index is -3.67. The first-order valence-electron chi connectivity index (χ1n) is 7.11. The third-order valence-corrected chi connectivity index (χ3v) is 3.01. The largest absolute Gasteiger partial charge is 0.424 e. The van der Waals surface area contributed by atoms with Crippen LogP contribution in [-0.4, -0.2) is 34.2 Å². The molecule has 3 aromatic rings. The van der Waals surface area contributed by atoms with Gasteiger partial charge in [0, 0.05) is 24.2 Å². The molecule has 0 atom stereocenters. The summed E-state index contributed by atoms with van der Waals surface area (Å²) in [4.78, 5) is 12.0. The van der Waals surface area contributed by atoms with E-state index in [0.717, 1.165) is 11.1 Å². The number of nitrogen functional groups attached to an aromatic ring is 1. The van der Waals surface area contributed by atoms with Gasteiger partial charge in [0.1, 0.15) is 11.6 Å². The molecular formula is C16H15ClN4O4S. The smallest absolute Gasteiger partial charge is 0.321 e. The molecule has 0 aliphatic carbocycles. The van der Waals surface area contributed by atoms with Gasteiger partial charge in [-0.1, -0.05) is 23.7 Å². The lowest BCUT2D eigenvalue weighted by Gasteiger charge is -2.07. The lowest BCUT2D eigenvalue weighted by atomic mass is 10.1. The first kappa shape index (κ1) is 19.6. The zero-order valence-corrected chi connectivity index (χ0v) is 15.1. The Labute approximate surface area is 155 Å². The molecule has 26 heavy (non-hydrogen) atoms. The summed E-state index contributed by atoms with van der Waals surface area (Å²) in [6.45, 7) is 0. The van der Waals surface area contributed by atoms with Crippen LogP contribution < -0.4 is 10.5 Å². The number of halogens is 1. The fourth-order valence-electron chi connectivity index (χ4n) is 1.83. The molecule has 0 aliphatic rings. The fraction of sp³-hybridized carbons (Fsp3) is 0.0625. The molecule has 0 radical (unpaired) electrons. The van der Waals surface area contributed by atoms with Crippen LogP contribution in [0.3, 0.4) is 0 Å². The molecule has 8 nitrogen and oxygen atoms in total. The van der Waals surface area contributed by atoms with E-state index in [2.05, 4.69) is 15.0 Å². The Morgan fingerprint density at radius 2 is 1.69 bits per heavy atom. The number of ether oxygens (including phenoxy) is 1. The van der Waals surface area contributed by atoms with E-state index in [1.54, 1.807) is 24.5 Å². The summed E-state index contributed by atoms with van der Waals surface area (Å²) >= 11 is 5.95. The van der Waals surface area contributed by atoms with Crippen molar-refractivity contribution >= 4 is 27.5 Å². The van der Waals surface area contributed by atoms with E-state index in [4.69, 9.17) is 26.6 Å². The highest BCUT2D eigenvalue weighted by atomic mass is 35.5. The van der Waals surface area contributed by atoms with E-state index in [1.165, 1.54) is 6.20 Å². The van der Waals surface area contributed by atoms with Gasteiger partial charge in [0.15, 0.2) is 0 Å². The first-order chi connectivity index (χ1) is 12.2. The van der Waals surface area contributed by atoms with Crippen LogP contribution in [-0.2, 0) is 10.1 Å². The number of hydrogen-bond acceptors (Lipinski definition) is 7. The normalized spacial score (nSPS) is 10.6. The minimum absolute atomic E-state index is 0.300. The van der Waals surface area contributed by atoms with E-state index in [0.29, 0.717) is 28.9 Å². The summed E-state index contributed by atoms with van der Waals surface area (Å²) in [6, 6.07) is 11.2. The van der Waals surface area contributed by atoms with Crippen LogP contribution in [0.25, 0.3) is 11.1 Å². The molecule has 0 saturated heterocycles. The van der Waals surface area contributed by atoms with Gasteiger partial charge in [0.05, 0.1) is 11.3 Å². The Morgan fingerprint density at radius 1 is 1.12 bits per heavy atom. The van der Waals surface area contributed by atoms with Crippen LogP contribution in [0.5, 0.6) is 11.8 Å². The quantitative estimate of drug-likeness (QED) is 0.648.